The van der Waals surface area contributed by atoms with Crippen molar-refractivity contribution >= 4 is 22.4 Å². The third-order valence-electron chi connectivity index (χ3n) is 2.49. The van der Waals surface area contributed by atoms with Crippen molar-refractivity contribution in [1.29, 1.82) is 0 Å². The standard InChI is InChI=1S/C13H18N4O2S/c1-8(2)19-11-12(14)17-20-13(11)16-7-9-4-5-10(18-3)15-6-9/h4-6,8,16H,7H2,1-3H3,(H2,14,17). The SMILES string of the molecule is COc1ccc(CNc2snc(N)c2OC(C)C)cn1. The minimum atomic E-state index is 0.0527. The summed E-state index contributed by atoms with van der Waals surface area (Å²) in [6.07, 6.45) is 1.82. The van der Waals surface area contributed by atoms with Crippen molar-refractivity contribution in [2.75, 3.05) is 18.2 Å². The number of hydrogen-bond donors (Lipinski definition) is 2. The zero-order valence-electron chi connectivity index (χ0n) is 11.7. The van der Waals surface area contributed by atoms with E-state index in [1.165, 1.54) is 11.5 Å². The Hall–Kier alpha value is -2.02. The van der Waals surface area contributed by atoms with Crippen molar-refractivity contribution in [2.24, 2.45) is 0 Å². The molecule has 7 heteroatoms. The van der Waals surface area contributed by atoms with Gasteiger partial charge in [0, 0.05) is 18.8 Å². The van der Waals surface area contributed by atoms with Crippen LogP contribution in [0.15, 0.2) is 18.3 Å². The van der Waals surface area contributed by atoms with Crippen molar-refractivity contribution in [1.82, 2.24) is 9.36 Å². The van der Waals surface area contributed by atoms with E-state index in [1.54, 1.807) is 13.3 Å². The Bertz CT molecular complexity index is 554. The van der Waals surface area contributed by atoms with Crippen molar-refractivity contribution < 1.29 is 9.47 Å². The highest BCUT2D eigenvalue weighted by Gasteiger charge is 2.14. The van der Waals surface area contributed by atoms with E-state index in [2.05, 4.69) is 14.7 Å². The summed E-state index contributed by atoms with van der Waals surface area (Å²) in [4.78, 5) is 4.16. The fourth-order valence-electron chi connectivity index (χ4n) is 1.57. The van der Waals surface area contributed by atoms with Gasteiger partial charge in [-0.1, -0.05) is 6.07 Å². The van der Waals surface area contributed by atoms with Gasteiger partial charge in [-0.3, -0.25) is 0 Å². The maximum absolute atomic E-state index is 5.80. The van der Waals surface area contributed by atoms with Crippen molar-refractivity contribution in [3.8, 4) is 11.6 Å². The van der Waals surface area contributed by atoms with Crippen LogP contribution < -0.4 is 20.5 Å². The van der Waals surface area contributed by atoms with Gasteiger partial charge in [0.2, 0.25) is 5.88 Å². The van der Waals surface area contributed by atoms with Crippen LogP contribution >= 0.6 is 11.5 Å². The monoisotopic (exact) mass is 294 g/mol. The largest absolute Gasteiger partial charge is 0.484 e. The second kappa shape index (κ2) is 6.42. The summed E-state index contributed by atoms with van der Waals surface area (Å²) in [6, 6.07) is 3.77. The van der Waals surface area contributed by atoms with Gasteiger partial charge in [-0.15, -0.1) is 0 Å². The molecule has 0 aliphatic heterocycles. The highest BCUT2D eigenvalue weighted by Crippen LogP contribution is 2.36. The maximum Gasteiger partial charge on any atom is 0.212 e. The lowest BCUT2D eigenvalue weighted by molar-refractivity contribution is 0.245. The average Bonchev–Trinajstić information content (AvgIpc) is 2.78. The van der Waals surface area contributed by atoms with Crippen LogP contribution in [-0.2, 0) is 6.54 Å². The Morgan fingerprint density at radius 1 is 1.40 bits per heavy atom. The molecule has 0 radical (unpaired) electrons. The topological polar surface area (TPSA) is 82.3 Å². The molecule has 0 aliphatic rings. The molecule has 0 aliphatic carbocycles. The van der Waals surface area contributed by atoms with Crippen LogP contribution in [-0.4, -0.2) is 22.6 Å². The van der Waals surface area contributed by atoms with Gasteiger partial charge in [0.05, 0.1) is 13.2 Å². The summed E-state index contributed by atoms with van der Waals surface area (Å²) in [5.41, 5.74) is 6.84. The second-order valence-corrected chi connectivity index (χ2v) is 5.23. The van der Waals surface area contributed by atoms with Gasteiger partial charge < -0.3 is 20.5 Å². The summed E-state index contributed by atoms with van der Waals surface area (Å²) >= 11 is 1.29. The molecule has 0 unspecified atom stereocenters. The predicted molar refractivity (Wildman–Crippen MR) is 80.4 cm³/mol. The molecule has 0 atom stereocenters. The Labute approximate surface area is 122 Å². The summed E-state index contributed by atoms with van der Waals surface area (Å²) in [7, 11) is 1.59. The highest BCUT2D eigenvalue weighted by atomic mass is 32.1. The first kappa shape index (κ1) is 14.4. The van der Waals surface area contributed by atoms with Crippen molar-refractivity contribution in [3.63, 3.8) is 0 Å². The van der Waals surface area contributed by atoms with E-state index in [-0.39, 0.29) is 6.10 Å². The molecule has 2 aromatic heterocycles. The molecule has 3 N–H and O–H groups in total. The number of nitrogens with zero attached hydrogens (tertiary/aromatic N) is 2. The Kier molecular flexibility index (Phi) is 4.62. The molecule has 0 spiro atoms. The number of ether oxygens (including phenoxy) is 2. The first-order chi connectivity index (χ1) is 9.60. The number of nitrogen functional groups attached to an aromatic ring is 1. The van der Waals surface area contributed by atoms with E-state index in [0.717, 1.165) is 10.6 Å². The lowest BCUT2D eigenvalue weighted by Crippen LogP contribution is -2.08. The first-order valence-electron chi connectivity index (χ1n) is 6.24. The number of aromatic nitrogens is 2. The summed E-state index contributed by atoms with van der Waals surface area (Å²) < 4.78 is 14.8. The summed E-state index contributed by atoms with van der Waals surface area (Å²) in [6.45, 7) is 4.52. The number of methoxy groups -OCH3 is 1. The van der Waals surface area contributed by atoms with Crippen LogP contribution in [0.4, 0.5) is 10.8 Å². The molecule has 2 aromatic rings. The van der Waals surface area contributed by atoms with Crippen LogP contribution in [0, 0.1) is 0 Å². The Balaban J connectivity index is 2.02. The lowest BCUT2D eigenvalue weighted by atomic mass is 10.3. The van der Waals surface area contributed by atoms with Crippen LogP contribution in [0.3, 0.4) is 0 Å². The number of anilines is 2. The number of hydrogen-bond acceptors (Lipinski definition) is 7. The molecule has 0 fully saturated rings. The lowest BCUT2D eigenvalue weighted by Gasteiger charge is -2.11. The van der Waals surface area contributed by atoms with Gasteiger partial charge in [0.15, 0.2) is 16.6 Å². The van der Waals surface area contributed by atoms with E-state index < -0.39 is 0 Å². The van der Waals surface area contributed by atoms with Gasteiger partial charge in [-0.25, -0.2) is 4.98 Å². The van der Waals surface area contributed by atoms with Crippen LogP contribution in [0.25, 0.3) is 0 Å². The van der Waals surface area contributed by atoms with E-state index in [4.69, 9.17) is 15.2 Å². The highest BCUT2D eigenvalue weighted by molar-refractivity contribution is 7.11. The number of rotatable bonds is 6. The minimum Gasteiger partial charge on any atom is -0.484 e. The molecular weight excluding hydrogens is 276 g/mol. The molecule has 0 saturated heterocycles. The molecule has 0 saturated carbocycles. The predicted octanol–water partition coefficient (Wildman–Crippen LogP) is 2.53. The van der Waals surface area contributed by atoms with Gasteiger partial charge in [-0.2, -0.15) is 4.37 Å². The normalized spacial score (nSPS) is 10.6. The number of pyridine rings is 1. The fourth-order valence-corrected chi connectivity index (χ4v) is 2.22. The minimum absolute atomic E-state index is 0.0527. The molecular formula is C13H18N4O2S. The third kappa shape index (κ3) is 3.51. The molecule has 108 valence electrons. The van der Waals surface area contributed by atoms with Crippen LogP contribution in [0.2, 0.25) is 0 Å². The van der Waals surface area contributed by atoms with Gasteiger partial charge >= 0.3 is 0 Å². The number of nitrogens with two attached hydrogens (primary N) is 1. The van der Waals surface area contributed by atoms with Crippen LogP contribution in [0.5, 0.6) is 11.6 Å². The van der Waals surface area contributed by atoms with E-state index in [9.17, 15) is 0 Å². The quantitative estimate of drug-likeness (QED) is 0.852. The summed E-state index contributed by atoms with van der Waals surface area (Å²) in [5, 5.41) is 4.09. The smallest absolute Gasteiger partial charge is 0.212 e. The summed E-state index contributed by atoms with van der Waals surface area (Å²) in [5.74, 6) is 1.63. The fraction of sp³-hybridized carbons (Fsp3) is 0.385. The maximum atomic E-state index is 5.80. The average molecular weight is 294 g/mol. The molecule has 20 heavy (non-hydrogen) atoms. The van der Waals surface area contributed by atoms with Gasteiger partial charge in [-0.05, 0) is 30.9 Å². The van der Waals surface area contributed by atoms with Gasteiger partial charge in [0.1, 0.15) is 0 Å². The van der Waals surface area contributed by atoms with Crippen molar-refractivity contribution in [3.05, 3.63) is 23.9 Å². The number of nitrogens with one attached hydrogen (secondary N) is 1. The molecule has 0 bridgehead atoms. The van der Waals surface area contributed by atoms with E-state index >= 15 is 0 Å². The van der Waals surface area contributed by atoms with Gasteiger partial charge in [0.25, 0.3) is 0 Å². The Morgan fingerprint density at radius 2 is 2.20 bits per heavy atom. The molecule has 2 rings (SSSR count). The third-order valence-corrected chi connectivity index (χ3v) is 3.29. The van der Waals surface area contributed by atoms with Crippen LogP contribution in [0.1, 0.15) is 19.4 Å². The van der Waals surface area contributed by atoms with E-state index in [0.29, 0.717) is 24.0 Å². The molecule has 6 nitrogen and oxygen atoms in total. The molecule has 0 aromatic carbocycles. The second-order valence-electron chi connectivity index (χ2n) is 4.46. The van der Waals surface area contributed by atoms with E-state index in [1.807, 2.05) is 26.0 Å². The zero-order chi connectivity index (χ0) is 14.5. The van der Waals surface area contributed by atoms with Crippen molar-refractivity contribution in [2.45, 2.75) is 26.5 Å². The zero-order valence-corrected chi connectivity index (χ0v) is 12.5. The Morgan fingerprint density at radius 3 is 2.80 bits per heavy atom. The molecule has 0 amide bonds. The first-order valence-corrected chi connectivity index (χ1v) is 7.02. The molecule has 2 heterocycles.